The summed E-state index contributed by atoms with van der Waals surface area (Å²) in [7, 11) is 0. The van der Waals surface area contributed by atoms with Crippen molar-refractivity contribution in [2.24, 2.45) is 0 Å². The van der Waals surface area contributed by atoms with E-state index in [0.717, 1.165) is 9.91 Å². The number of nitrogens with zero attached hydrogens (tertiary/aromatic N) is 5. The SMILES string of the molecule is CCN1CCN(C(=O)NC(C(=O)N[C@@H]2C(=O)N3C(C(=O)O)=C(CSc4nnc(C)s4)CS[C@H]23)c2ccccc2)C(=O)C1=O. The number of β-lactam (4-membered cyclic amide) rings is 1. The predicted octanol–water partition coefficient (Wildman–Crippen LogP) is 0.819. The average molecular weight is 646 g/mol. The Kier molecular flexibility index (Phi) is 9.03. The number of likely N-dealkylation sites (N-methyl/N-ethyl adjacent to an activating group) is 1. The van der Waals surface area contributed by atoms with E-state index in [-0.39, 0.29) is 18.8 Å². The fourth-order valence-corrected chi connectivity index (χ4v) is 8.13. The molecule has 2 aromatic rings. The van der Waals surface area contributed by atoms with Crippen LogP contribution in [0.15, 0.2) is 45.9 Å². The van der Waals surface area contributed by atoms with Gasteiger partial charge in [0.2, 0.25) is 5.91 Å². The standard InChI is InChI=1S/C26H27N7O7S3/c1-3-31-9-10-32(22(37)21(31)36)25(40)28-16(14-7-5-4-6-8-14)19(34)27-17-20(35)33-18(24(38)39)15(11-41-23(17)33)12-42-26-30-29-13(2)43-26/h4-8,16-17,23H,3,9-12H2,1-2H3,(H,27,34)(H,28,40)(H,38,39)/t16?,17-,23-/m1/s1. The van der Waals surface area contributed by atoms with Crippen LogP contribution in [0.1, 0.15) is 23.5 Å². The maximum atomic E-state index is 13.5. The number of piperazine rings is 1. The van der Waals surface area contributed by atoms with Crippen molar-refractivity contribution in [3.05, 3.63) is 52.2 Å². The number of rotatable bonds is 9. The highest BCUT2D eigenvalue weighted by Crippen LogP contribution is 2.42. The topological polar surface area (TPSA) is 182 Å². The number of nitrogens with one attached hydrogen (secondary N) is 2. The molecule has 3 N–H and O–H groups in total. The zero-order valence-corrected chi connectivity index (χ0v) is 25.5. The number of carboxylic acid groups (broad SMARTS) is 1. The molecule has 2 saturated heterocycles. The van der Waals surface area contributed by atoms with Crippen LogP contribution in [-0.2, 0) is 24.0 Å². The van der Waals surface area contributed by atoms with E-state index in [1.807, 2.05) is 6.92 Å². The average Bonchev–Trinajstić information content (AvgIpc) is 3.43. The number of imide groups is 1. The zero-order valence-electron chi connectivity index (χ0n) is 23.0. The Labute approximate surface area is 258 Å². The summed E-state index contributed by atoms with van der Waals surface area (Å²) in [6.07, 6.45) is 0. The number of hydrogen-bond acceptors (Lipinski definition) is 11. The van der Waals surface area contributed by atoms with Gasteiger partial charge in [0, 0.05) is 31.1 Å². The number of benzene rings is 1. The third-order valence-corrected chi connectivity index (χ3v) is 10.4. The number of aliphatic carboxylic acids is 1. The number of aromatic nitrogens is 2. The van der Waals surface area contributed by atoms with Crippen molar-refractivity contribution in [1.29, 1.82) is 0 Å². The van der Waals surface area contributed by atoms with E-state index in [2.05, 4.69) is 20.8 Å². The van der Waals surface area contributed by atoms with Crippen LogP contribution in [0.5, 0.6) is 0 Å². The smallest absolute Gasteiger partial charge is 0.352 e. The van der Waals surface area contributed by atoms with Crippen molar-refractivity contribution in [3.8, 4) is 0 Å². The lowest BCUT2D eigenvalue weighted by Crippen LogP contribution is -2.71. The monoisotopic (exact) mass is 645 g/mol. The molecular formula is C26H27N7O7S3. The van der Waals surface area contributed by atoms with Crippen molar-refractivity contribution in [2.75, 3.05) is 31.1 Å². The predicted molar refractivity (Wildman–Crippen MR) is 157 cm³/mol. The van der Waals surface area contributed by atoms with Crippen LogP contribution in [0.3, 0.4) is 0 Å². The number of carbonyl (C=O) groups is 6. The van der Waals surface area contributed by atoms with E-state index in [4.69, 9.17) is 0 Å². The third-order valence-electron chi connectivity index (χ3n) is 7.02. The van der Waals surface area contributed by atoms with Gasteiger partial charge >= 0.3 is 23.8 Å². The van der Waals surface area contributed by atoms with Crippen LogP contribution in [0, 0.1) is 6.92 Å². The van der Waals surface area contributed by atoms with Gasteiger partial charge in [-0.1, -0.05) is 53.4 Å². The number of urea groups is 1. The van der Waals surface area contributed by atoms with Gasteiger partial charge in [0.25, 0.3) is 5.91 Å². The van der Waals surface area contributed by atoms with Gasteiger partial charge in [0.1, 0.15) is 28.2 Å². The highest BCUT2D eigenvalue weighted by molar-refractivity contribution is 8.01. The molecule has 3 aliphatic heterocycles. The van der Waals surface area contributed by atoms with Crippen molar-refractivity contribution in [2.45, 2.75) is 35.6 Å². The molecule has 43 heavy (non-hydrogen) atoms. The van der Waals surface area contributed by atoms with E-state index in [0.29, 0.717) is 33.5 Å². The minimum absolute atomic E-state index is 0.0360. The van der Waals surface area contributed by atoms with Gasteiger partial charge in [-0.25, -0.2) is 9.59 Å². The number of amides is 6. The quantitative estimate of drug-likeness (QED) is 0.199. The van der Waals surface area contributed by atoms with Crippen molar-refractivity contribution >= 4 is 70.5 Å². The molecule has 3 aliphatic rings. The molecule has 2 fully saturated rings. The molecule has 5 rings (SSSR count). The molecule has 0 bridgehead atoms. The number of fused-ring (bicyclic) bond motifs is 1. The number of hydrogen-bond donors (Lipinski definition) is 3. The molecule has 6 amide bonds. The Hall–Kier alpha value is -3.96. The first-order valence-electron chi connectivity index (χ1n) is 13.2. The lowest BCUT2D eigenvalue weighted by Gasteiger charge is -2.49. The minimum Gasteiger partial charge on any atom is -0.477 e. The lowest BCUT2D eigenvalue weighted by atomic mass is 10.0. The fraction of sp³-hybridized carbons (Fsp3) is 0.385. The number of aryl methyl sites for hydroxylation is 1. The van der Waals surface area contributed by atoms with Gasteiger partial charge < -0.3 is 20.6 Å². The van der Waals surface area contributed by atoms with Crippen LogP contribution in [0.4, 0.5) is 4.79 Å². The zero-order chi connectivity index (χ0) is 30.8. The van der Waals surface area contributed by atoms with Gasteiger partial charge in [-0.3, -0.25) is 29.0 Å². The summed E-state index contributed by atoms with van der Waals surface area (Å²) in [5.41, 5.74) is 0.827. The molecular weight excluding hydrogens is 619 g/mol. The second-order valence-corrected chi connectivity index (χ2v) is 13.2. The first-order chi connectivity index (χ1) is 20.6. The second kappa shape index (κ2) is 12.7. The third kappa shape index (κ3) is 6.09. The lowest BCUT2D eigenvalue weighted by molar-refractivity contribution is -0.153. The maximum Gasteiger partial charge on any atom is 0.352 e. The van der Waals surface area contributed by atoms with Gasteiger partial charge in [-0.15, -0.1) is 22.0 Å². The van der Waals surface area contributed by atoms with Crippen molar-refractivity contribution < 1.29 is 33.9 Å². The van der Waals surface area contributed by atoms with E-state index in [1.165, 1.54) is 44.7 Å². The first-order valence-corrected chi connectivity index (χ1v) is 16.0. The van der Waals surface area contributed by atoms with Crippen LogP contribution >= 0.6 is 34.9 Å². The highest BCUT2D eigenvalue weighted by Gasteiger charge is 2.54. The molecule has 226 valence electrons. The molecule has 17 heteroatoms. The van der Waals surface area contributed by atoms with Crippen molar-refractivity contribution in [3.63, 3.8) is 0 Å². The van der Waals surface area contributed by atoms with E-state index < -0.39 is 53.1 Å². The Balaban J connectivity index is 1.30. The molecule has 14 nitrogen and oxygen atoms in total. The second-order valence-electron chi connectivity index (χ2n) is 9.66. The van der Waals surface area contributed by atoms with E-state index >= 15 is 0 Å². The summed E-state index contributed by atoms with van der Waals surface area (Å²) in [4.78, 5) is 80.2. The number of carbonyl (C=O) groups excluding carboxylic acids is 5. The molecule has 0 radical (unpaired) electrons. The minimum atomic E-state index is -1.30. The van der Waals surface area contributed by atoms with E-state index in [9.17, 15) is 33.9 Å². The number of carboxylic acids is 1. The molecule has 1 aromatic heterocycles. The van der Waals surface area contributed by atoms with Crippen LogP contribution < -0.4 is 10.6 Å². The van der Waals surface area contributed by atoms with Gasteiger partial charge in [0.15, 0.2) is 4.34 Å². The first kappa shape index (κ1) is 30.5. The van der Waals surface area contributed by atoms with Gasteiger partial charge in [0.05, 0.1) is 0 Å². The largest absolute Gasteiger partial charge is 0.477 e. The molecule has 1 aromatic carbocycles. The summed E-state index contributed by atoms with van der Waals surface area (Å²) in [6.45, 7) is 4.00. The molecule has 3 atom stereocenters. The normalized spacial score (nSPS) is 20.9. The molecule has 0 aliphatic carbocycles. The maximum absolute atomic E-state index is 13.5. The van der Waals surface area contributed by atoms with Gasteiger partial charge in [-0.2, -0.15) is 0 Å². The fourth-order valence-electron chi connectivity index (χ4n) is 4.83. The molecule has 4 heterocycles. The Morgan fingerprint density at radius 1 is 1.12 bits per heavy atom. The summed E-state index contributed by atoms with van der Waals surface area (Å²) in [5, 5.41) is 23.3. The molecule has 1 unspecified atom stereocenters. The Morgan fingerprint density at radius 2 is 1.86 bits per heavy atom. The highest BCUT2D eigenvalue weighted by atomic mass is 32.2. The molecule has 0 spiro atoms. The summed E-state index contributed by atoms with van der Waals surface area (Å²) >= 11 is 4.05. The summed E-state index contributed by atoms with van der Waals surface area (Å²) < 4.78 is 0.689. The molecule has 0 saturated carbocycles. The van der Waals surface area contributed by atoms with Crippen LogP contribution in [-0.4, -0.2) is 108 Å². The van der Waals surface area contributed by atoms with Crippen LogP contribution in [0.25, 0.3) is 0 Å². The van der Waals surface area contributed by atoms with Gasteiger partial charge in [-0.05, 0) is 25.0 Å². The Morgan fingerprint density at radius 3 is 2.51 bits per heavy atom. The van der Waals surface area contributed by atoms with E-state index in [1.54, 1.807) is 37.3 Å². The van der Waals surface area contributed by atoms with Crippen LogP contribution in [0.2, 0.25) is 0 Å². The summed E-state index contributed by atoms with van der Waals surface area (Å²) in [5.74, 6) is -3.73. The number of thioether (sulfide) groups is 2. The Bertz CT molecular complexity index is 1520. The summed E-state index contributed by atoms with van der Waals surface area (Å²) in [6, 6.07) is 5.00. The van der Waals surface area contributed by atoms with Crippen molar-refractivity contribution in [1.82, 2.24) is 35.5 Å².